The van der Waals surface area contributed by atoms with E-state index in [1.54, 1.807) is 36.4 Å². The van der Waals surface area contributed by atoms with Gasteiger partial charge in [-0.25, -0.2) is 9.37 Å². The summed E-state index contributed by atoms with van der Waals surface area (Å²) < 4.78 is 15.8. The largest absolute Gasteiger partial charge is 0.354 e. The molecule has 4 aromatic rings. The van der Waals surface area contributed by atoms with Crippen LogP contribution in [0, 0.1) is 11.7 Å². The Morgan fingerprint density at radius 2 is 2.00 bits per heavy atom. The highest BCUT2D eigenvalue weighted by Crippen LogP contribution is 2.25. The van der Waals surface area contributed by atoms with Gasteiger partial charge in [0.1, 0.15) is 17.5 Å². The lowest BCUT2D eigenvalue weighted by molar-refractivity contribution is -0.120. The molecule has 162 valence electrons. The molecule has 0 aliphatic carbocycles. The molecule has 4 heterocycles. The van der Waals surface area contributed by atoms with Gasteiger partial charge in [-0.2, -0.15) is 4.52 Å². The van der Waals surface area contributed by atoms with Crippen LogP contribution < -0.4 is 10.2 Å². The second-order valence-corrected chi connectivity index (χ2v) is 8.04. The monoisotopic (exact) mass is 451 g/mol. The molecule has 1 amide bonds. The van der Waals surface area contributed by atoms with Crippen LogP contribution in [-0.4, -0.2) is 43.8 Å². The van der Waals surface area contributed by atoms with Gasteiger partial charge < -0.3 is 10.2 Å². The van der Waals surface area contributed by atoms with Crippen LogP contribution in [0.2, 0.25) is 5.02 Å². The average molecular weight is 452 g/mol. The zero-order valence-electron chi connectivity index (χ0n) is 16.9. The lowest BCUT2D eigenvalue weighted by atomic mass is 9.97. The summed E-state index contributed by atoms with van der Waals surface area (Å²) in [5, 5.41) is 16.2. The first-order chi connectivity index (χ1) is 15.6. The molecule has 10 heteroatoms. The number of benzene rings is 1. The standard InChI is InChI=1S/C22H19ClFN7O/c23-15-7-8-18(25-12-15)26-22(32)14-4-3-11-30(13-14)20-10-9-19-27-28-21(31(19)29-20)16-5-1-2-6-17(16)24/h1-2,5-10,12,14H,3-4,11,13H2,(H,25,26,32)/t14-/m1/s1. The fraction of sp³-hybridized carbons (Fsp3) is 0.227. The van der Waals surface area contributed by atoms with Crippen LogP contribution in [0.1, 0.15) is 12.8 Å². The maximum atomic E-state index is 14.3. The molecule has 1 aliphatic heterocycles. The van der Waals surface area contributed by atoms with Gasteiger partial charge in [-0.3, -0.25) is 4.79 Å². The van der Waals surface area contributed by atoms with Crippen molar-refractivity contribution in [3.8, 4) is 11.4 Å². The van der Waals surface area contributed by atoms with E-state index in [-0.39, 0.29) is 17.6 Å². The lowest BCUT2D eigenvalue weighted by Gasteiger charge is -2.32. The van der Waals surface area contributed by atoms with Gasteiger partial charge >= 0.3 is 0 Å². The molecule has 0 bridgehead atoms. The van der Waals surface area contributed by atoms with E-state index in [1.807, 2.05) is 11.0 Å². The first-order valence-corrected chi connectivity index (χ1v) is 10.6. The Morgan fingerprint density at radius 1 is 1.12 bits per heavy atom. The fourth-order valence-corrected chi connectivity index (χ4v) is 3.95. The summed E-state index contributed by atoms with van der Waals surface area (Å²) in [6.07, 6.45) is 3.11. The van der Waals surface area contributed by atoms with Gasteiger partial charge in [0.2, 0.25) is 5.91 Å². The Balaban J connectivity index is 1.37. The number of hydrogen-bond donors (Lipinski definition) is 1. The number of hydrogen-bond acceptors (Lipinski definition) is 6. The first-order valence-electron chi connectivity index (χ1n) is 10.2. The first kappa shape index (κ1) is 20.3. The van der Waals surface area contributed by atoms with E-state index in [2.05, 4.69) is 25.6 Å². The quantitative estimate of drug-likeness (QED) is 0.507. The SMILES string of the molecule is O=C(Nc1ccc(Cl)cn1)[C@@H]1CCCN(c2ccc3nnc(-c4ccccc4F)n3n2)C1. The fourth-order valence-electron chi connectivity index (χ4n) is 3.84. The minimum absolute atomic E-state index is 0.0954. The maximum Gasteiger partial charge on any atom is 0.230 e. The van der Waals surface area contributed by atoms with Crippen LogP contribution in [0.25, 0.3) is 17.0 Å². The molecular formula is C22H19ClFN7O. The van der Waals surface area contributed by atoms with Crippen molar-refractivity contribution in [2.75, 3.05) is 23.3 Å². The summed E-state index contributed by atoms with van der Waals surface area (Å²) in [6.45, 7) is 1.27. The zero-order valence-corrected chi connectivity index (χ0v) is 17.7. The van der Waals surface area contributed by atoms with Gasteiger partial charge in [0.05, 0.1) is 16.5 Å². The molecule has 5 rings (SSSR count). The number of nitrogens with one attached hydrogen (secondary N) is 1. The molecule has 8 nitrogen and oxygen atoms in total. The summed E-state index contributed by atoms with van der Waals surface area (Å²) in [5.74, 6) is 0.777. The van der Waals surface area contributed by atoms with Crippen LogP contribution in [0.3, 0.4) is 0 Å². The highest BCUT2D eigenvalue weighted by atomic mass is 35.5. The molecule has 32 heavy (non-hydrogen) atoms. The third kappa shape index (κ3) is 3.99. The van der Waals surface area contributed by atoms with Crippen LogP contribution in [-0.2, 0) is 4.79 Å². The summed E-state index contributed by atoms with van der Waals surface area (Å²) in [5.41, 5.74) is 0.850. The highest BCUT2D eigenvalue weighted by molar-refractivity contribution is 6.30. The third-order valence-corrected chi connectivity index (χ3v) is 5.68. The third-order valence-electron chi connectivity index (χ3n) is 5.46. The molecule has 0 radical (unpaired) electrons. The Kier molecular flexibility index (Phi) is 5.40. The van der Waals surface area contributed by atoms with E-state index >= 15 is 0 Å². The number of amides is 1. The molecule has 0 saturated carbocycles. The van der Waals surface area contributed by atoms with Gasteiger partial charge in [0.15, 0.2) is 11.5 Å². The van der Waals surface area contributed by atoms with Gasteiger partial charge in [-0.15, -0.1) is 15.3 Å². The van der Waals surface area contributed by atoms with E-state index in [9.17, 15) is 9.18 Å². The number of fused-ring (bicyclic) bond motifs is 1. The number of carbonyl (C=O) groups is 1. The van der Waals surface area contributed by atoms with Gasteiger partial charge in [0, 0.05) is 19.3 Å². The molecule has 0 spiro atoms. The van der Waals surface area contributed by atoms with Crippen LogP contribution >= 0.6 is 11.6 Å². The van der Waals surface area contributed by atoms with Crippen LogP contribution in [0.5, 0.6) is 0 Å². The van der Waals surface area contributed by atoms with Crippen molar-refractivity contribution in [2.45, 2.75) is 12.8 Å². The summed E-state index contributed by atoms with van der Waals surface area (Å²) >= 11 is 5.86. The number of anilines is 2. The summed E-state index contributed by atoms with van der Waals surface area (Å²) in [4.78, 5) is 19.0. The average Bonchev–Trinajstić information content (AvgIpc) is 3.24. The molecule has 1 aromatic carbocycles. The van der Waals surface area contributed by atoms with Gasteiger partial charge in [-0.05, 0) is 49.2 Å². The number of aromatic nitrogens is 5. The number of piperidine rings is 1. The molecule has 1 N–H and O–H groups in total. The van der Waals surface area contributed by atoms with E-state index in [4.69, 9.17) is 11.6 Å². The molecule has 0 unspecified atom stereocenters. The Labute approximate surface area is 188 Å². The number of nitrogens with zero attached hydrogens (tertiary/aromatic N) is 6. The lowest BCUT2D eigenvalue weighted by Crippen LogP contribution is -2.41. The van der Waals surface area contributed by atoms with Gasteiger partial charge in [0.25, 0.3) is 0 Å². The van der Waals surface area contributed by atoms with Crippen molar-refractivity contribution in [1.82, 2.24) is 24.8 Å². The van der Waals surface area contributed by atoms with Crippen molar-refractivity contribution in [2.24, 2.45) is 5.92 Å². The predicted octanol–water partition coefficient (Wildman–Crippen LogP) is 3.83. The minimum Gasteiger partial charge on any atom is -0.354 e. The van der Waals surface area contributed by atoms with Crippen molar-refractivity contribution in [3.05, 3.63) is 65.6 Å². The van der Waals surface area contributed by atoms with Crippen molar-refractivity contribution < 1.29 is 9.18 Å². The number of halogens is 2. The smallest absolute Gasteiger partial charge is 0.230 e. The normalized spacial score (nSPS) is 16.3. The van der Waals surface area contributed by atoms with Crippen LogP contribution in [0.4, 0.5) is 16.0 Å². The van der Waals surface area contributed by atoms with Crippen molar-refractivity contribution in [1.29, 1.82) is 0 Å². The topological polar surface area (TPSA) is 88.3 Å². The second kappa shape index (κ2) is 8.51. The molecule has 1 fully saturated rings. The van der Waals surface area contributed by atoms with Crippen molar-refractivity contribution >= 4 is 34.8 Å². The highest BCUT2D eigenvalue weighted by Gasteiger charge is 2.27. The zero-order chi connectivity index (χ0) is 22.1. The molecule has 1 atom stereocenters. The molecule has 1 aliphatic rings. The minimum atomic E-state index is -0.389. The van der Waals surface area contributed by atoms with E-state index < -0.39 is 0 Å². The molecular weight excluding hydrogens is 433 g/mol. The Hall–Kier alpha value is -3.59. The van der Waals surface area contributed by atoms with E-state index in [1.165, 1.54) is 16.8 Å². The Bertz CT molecular complexity index is 1280. The molecule has 1 saturated heterocycles. The summed E-state index contributed by atoms with van der Waals surface area (Å²) in [7, 11) is 0. The predicted molar refractivity (Wildman–Crippen MR) is 119 cm³/mol. The van der Waals surface area contributed by atoms with E-state index in [0.29, 0.717) is 40.2 Å². The number of pyridine rings is 1. The number of carbonyl (C=O) groups excluding carboxylic acids is 1. The Morgan fingerprint density at radius 3 is 2.81 bits per heavy atom. The van der Waals surface area contributed by atoms with Crippen molar-refractivity contribution in [3.63, 3.8) is 0 Å². The summed E-state index contributed by atoms with van der Waals surface area (Å²) in [6, 6.07) is 13.4. The van der Waals surface area contributed by atoms with Crippen LogP contribution in [0.15, 0.2) is 54.7 Å². The number of rotatable bonds is 4. The van der Waals surface area contributed by atoms with E-state index in [0.717, 1.165) is 19.4 Å². The second-order valence-electron chi connectivity index (χ2n) is 7.60. The maximum absolute atomic E-state index is 14.3. The molecule has 3 aromatic heterocycles. The van der Waals surface area contributed by atoms with Gasteiger partial charge in [-0.1, -0.05) is 23.7 Å².